The number of hydrogen-bond acceptors (Lipinski definition) is 4. The van der Waals surface area contributed by atoms with Gasteiger partial charge in [0.2, 0.25) is 0 Å². The molecule has 3 aromatic carbocycles. The van der Waals surface area contributed by atoms with Gasteiger partial charge in [-0.3, -0.25) is 4.79 Å². The number of aromatic nitrogens is 1. The minimum atomic E-state index is -0.966. The maximum Gasteiger partial charge on any atom is 0.335 e. The van der Waals surface area contributed by atoms with Gasteiger partial charge in [0.1, 0.15) is 5.82 Å². The van der Waals surface area contributed by atoms with E-state index in [-0.39, 0.29) is 17.3 Å². The molecule has 6 nitrogen and oxygen atoms in total. The van der Waals surface area contributed by atoms with Gasteiger partial charge in [-0.2, -0.15) is 0 Å². The zero-order valence-electron chi connectivity index (χ0n) is 17.7. The van der Waals surface area contributed by atoms with Crippen LogP contribution in [-0.4, -0.2) is 26.7 Å². The quantitative estimate of drug-likeness (QED) is 0.381. The molecule has 8 heteroatoms. The molecule has 0 aliphatic carbocycles. The third kappa shape index (κ3) is 4.49. The Balaban J connectivity index is 1.46. The molecular weight excluding hydrogens is 453 g/mol. The first-order chi connectivity index (χ1) is 16.5. The summed E-state index contributed by atoms with van der Waals surface area (Å²) >= 11 is 1.22. The fourth-order valence-corrected chi connectivity index (χ4v) is 4.61. The van der Waals surface area contributed by atoms with E-state index >= 15 is 0 Å². The zero-order chi connectivity index (χ0) is 23.7. The normalized spacial score (nSPS) is 15.9. The number of para-hydroxylation sites is 1. The number of aromatic carboxylic acids is 1. The number of nitrogens with zero attached hydrogens (tertiary/aromatic N) is 2. The number of amidine groups is 1. The lowest BCUT2D eigenvalue weighted by Gasteiger charge is -2.06. The first kappa shape index (κ1) is 21.7. The predicted octanol–water partition coefficient (Wildman–Crippen LogP) is 5.42. The highest BCUT2D eigenvalue weighted by Crippen LogP contribution is 2.31. The molecule has 0 saturated carbocycles. The second kappa shape index (κ2) is 8.99. The van der Waals surface area contributed by atoms with Crippen LogP contribution < -0.4 is 5.32 Å². The number of aliphatic imine (C=N–C) groups is 1. The minimum absolute atomic E-state index is 0.239. The van der Waals surface area contributed by atoms with Crippen LogP contribution in [-0.2, 0) is 11.3 Å². The fourth-order valence-electron chi connectivity index (χ4n) is 3.78. The monoisotopic (exact) mass is 471 g/mol. The molecule has 168 valence electrons. The molecular formula is C26H18FN3O3S. The molecule has 1 aliphatic heterocycles. The smallest absolute Gasteiger partial charge is 0.335 e. The lowest BCUT2D eigenvalue weighted by Crippen LogP contribution is -2.19. The van der Waals surface area contributed by atoms with Crippen molar-refractivity contribution in [3.8, 4) is 0 Å². The number of carbonyl (C=O) groups is 2. The molecule has 2 N–H and O–H groups in total. The van der Waals surface area contributed by atoms with Gasteiger partial charge in [-0.15, -0.1) is 0 Å². The molecule has 1 saturated heterocycles. The Morgan fingerprint density at radius 3 is 2.68 bits per heavy atom. The van der Waals surface area contributed by atoms with Crippen LogP contribution in [0.15, 0.2) is 88.9 Å². The summed E-state index contributed by atoms with van der Waals surface area (Å²) in [5, 5.41) is 13.4. The van der Waals surface area contributed by atoms with Crippen molar-refractivity contribution in [1.82, 2.24) is 9.88 Å². The van der Waals surface area contributed by atoms with Gasteiger partial charge in [-0.1, -0.05) is 30.3 Å². The summed E-state index contributed by atoms with van der Waals surface area (Å²) in [5.74, 6) is -1.57. The van der Waals surface area contributed by atoms with Crippen LogP contribution in [0.5, 0.6) is 0 Å². The van der Waals surface area contributed by atoms with Gasteiger partial charge in [-0.25, -0.2) is 14.2 Å². The molecule has 1 fully saturated rings. The number of carboxylic acid groups (broad SMARTS) is 1. The lowest BCUT2D eigenvalue weighted by atomic mass is 10.1. The van der Waals surface area contributed by atoms with Crippen LogP contribution in [0.4, 0.5) is 10.1 Å². The summed E-state index contributed by atoms with van der Waals surface area (Å²) in [6.07, 6.45) is 3.77. The highest BCUT2D eigenvalue weighted by molar-refractivity contribution is 8.18. The number of carboxylic acids is 1. The van der Waals surface area contributed by atoms with Crippen molar-refractivity contribution in [3.63, 3.8) is 0 Å². The van der Waals surface area contributed by atoms with E-state index in [1.165, 1.54) is 23.9 Å². The van der Waals surface area contributed by atoms with Gasteiger partial charge < -0.3 is 15.0 Å². The van der Waals surface area contributed by atoms with E-state index < -0.39 is 5.97 Å². The minimum Gasteiger partial charge on any atom is -0.478 e. The molecule has 0 atom stereocenters. The molecule has 4 aromatic rings. The number of hydrogen-bond donors (Lipinski definition) is 2. The number of carbonyl (C=O) groups excluding carboxylic acids is 1. The molecule has 1 aliphatic rings. The summed E-state index contributed by atoms with van der Waals surface area (Å²) in [6, 6.07) is 20.4. The van der Waals surface area contributed by atoms with Gasteiger partial charge in [0.25, 0.3) is 5.91 Å². The average Bonchev–Trinajstić information content (AvgIpc) is 3.35. The van der Waals surface area contributed by atoms with Crippen LogP contribution >= 0.6 is 11.8 Å². The fraction of sp³-hybridized carbons (Fsp3) is 0.0385. The topological polar surface area (TPSA) is 83.7 Å². The van der Waals surface area contributed by atoms with Crippen LogP contribution in [0.1, 0.15) is 21.5 Å². The van der Waals surface area contributed by atoms with E-state index in [1.54, 1.807) is 30.3 Å². The highest BCUT2D eigenvalue weighted by Gasteiger charge is 2.24. The first-order valence-electron chi connectivity index (χ1n) is 10.4. The largest absolute Gasteiger partial charge is 0.478 e. The number of rotatable bonds is 5. The molecule has 0 unspecified atom stereocenters. The molecule has 1 amide bonds. The summed E-state index contributed by atoms with van der Waals surface area (Å²) in [4.78, 5) is 28.8. The second-order valence-electron chi connectivity index (χ2n) is 7.69. The summed E-state index contributed by atoms with van der Waals surface area (Å²) in [7, 11) is 0. The number of nitrogens with one attached hydrogen (secondary N) is 1. The van der Waals surface area contributed by atoms with Gasteiger partial charge in [0, 0.05) is 29.2 Å². The Hall–Kier alpha value is -4.17. The third-order valence-electron chi connectivity index (χ3n) is 5.34. The Morgan fingerprint density at radius 2 is 1.88 bits per heavy atom. The molecule has 5 rings (SSSR count). The number of halogens is 1. The van der Waals surface area contributed by atoms with Gasteiger partial charge >= 0.3 is 5.97 Å². The van der Waals surface area contributed by atoms with Gasteiger partial charge in [0.05, 0.1) is 16.2 Å². The van der Waals surface area contributed by atoms with E-state index in [2.05, 4.69) is 10.3 Å². The number of benzene rings is 3. The molecule has 0 bridgehead atoms. The van der Waals surface area contributed by atoms with E-state index in [4.69, 9.17) is 0 Å². The second-order valence-corrected chi connectivity index (χ2v) is 8.72. The summed E-state index contributed by atoms with van der Waals surface area (Å²) in [6.45, 7) is 0.488. The van der Waals surface area contributed by atoms with Crippen molar-refractivity contribution >= 4 is 51.5 Å². The predicted molar refractivity (Wildman–Crippen MR) is 132 cm³/mol. The standard InChI is InChI=1S/C26H18FN3O3S/c27-19-8-10-20(11-9-19)28-26-29-24(31)23(34-26)13-18-15-30(22-7-2-1-6-21(18)22)14-16-4-3-5-17(12-16)25(32)33/h1-13,15H,14H2,(H,32,33)(H,28,29,31). The van der Waals surface area contributed by atoms with Crippen LogP contribution in [0, 0.1) is 5.82 Å². The summed E-state index contributed by atoms with van der Waals surface area (Å²) < 4.78 is 15.2. The summed E-state index contributed by atoms with van der Waals surface area (Å²) in [5.41, 5.74) is 3.49. The van der Waals surface area contributed by atoms with Crippen molar-refractivity contribution in [1.29, 1.82) is 0 Å². The van der Waals surface area contributed by atoms with Crippen molar-refractivity contribution in [2.75, 3.05) is 0 Å². The SMILES string of the molecule is O=C1NC(=Nc2ccc(F)cc2)SC1=Cc1cn(Cc2cccc(C(=O)O)c2)c2ccccc12. The molecule has 34 heavy (non-hydrogen) atoms. The number of fused-ring (bicyclic) bond motifs is 1. The van der Waals surface area contributed by atoms with Crippen LogP contribution in [0.25, 0.3) is 17.0 Å². The van der Waals surface area contributed by atoms with E-state index in [1.807, 2.05) is 47.2 Å². The van der Waals surface area contributed by atoms with Crippen molar-refractivity contribution in [3.05, 3.63) is 106 Å². The zero-order valence-corrected chi connectivity index (χ0v) is 18.6. The van der Waals surface area contributed by atoms with Gasteiger partial charge in [0.15, 0.2) is 5.17 Å². The van der Waals surface area contributed by atoms with Crippen LogP contribution in [0.2, 0.25) is 0 Å². The highest BCUT2D eigenvalue weighted by atomic mass is 32.2. The van der Waals surface area contributed by atoms with Gasteiger partial charge in [-0.05, 0) is 65.9 Å². The molecule has 0 radical (unpaired) electrons. The Labute approximate surface area is 198 Å². The maximum atomic E-state index is 13.1. The van der Waals surface area contributed by atoms with Crippen molar-refractivity contribution < 1.29 is 19.1 Å². The Morgan fingerprint density at radius 1 is 1.09 bits per heavy atom. The van der Waals surface area contributed by atoms with Crippen molar-refractivity contribution in [2.45, 2.75) is 6.54 Å². The third-order valence-corrected chi connectivity index (χ3v) is 6.25. The Bertz CT molecular complexity index is 1490. The number of thioether (sulfide) groups is 1. The first-order valence-corrected chi connectivity index (χ1v) is 11.2. The molecule has 2 heterocycles. The van der Waals surface area contributed by atoms with Crippen molar-refractivity contribution in [2.24, 2.45) is 4.99 Å². The van der Waals surface area contributed by atoms with E-state index in [0.717, 1.165) is 22.0 Å². The lowest BCUT2D eigenvalue weighted by molar-refractivity contribution is -0.115. The van der Waals surface area contributed by atoms with Crippen LogP contribution in [0.3, 0.4) is 0 Å². The molecule has 0 spiro atoms. The maximum absolute atomic E-state index is 13.1. The van der Waals surface area contributed by atoms with E-state index in [9.17, 15) is 19.1 Å². The Kier molecular flexibility index (Phi) is 5.73. The average molecular weight is 472 g/mol. The molecule has 1 aromatic heterocycles. The number of amides is 1. The van der Waals surface area contributed by atoms with E-state index in [0.29, 0.717) is 22.3 Å².